The van der Waals surface area contributed by atoms with Gasteiger partial charge in [-0.1, -0.05) is 86.1 Å². The first-order chi connectivity index (χ1) is 28.7. The van der Waals surface area contributed by atoms with Gasteiger partial charge in [0.15, 0.2) is 23.1 Å². The molecule has 5 aromatic rings. The topological polar surface area (TPSA) is 148 Å². The van der Waals surface area contributed by atoms with Gasteiger partial charge in [-0.15, -0.1) is 0 Å². The van der Waals surface area contributed by atoms with Crippen molar-refractivity contribution in [1.82, 2.24) is 24.6 Å². The van der Waals surface area contributed by atoms with Crippen LogP contribution in [0.2, 0.25) is 0 Å². The summed E-state index contributed by atoms with van der Waals surface area (Å²) in [5.74, 6) is -3.87. The Morgan fingerprint density at radius 2 is 1.60 bits per heavy atom. The molecule has 1 aliphatic heterocycles. The van der Waals surface area contributed by atoms with Gasteiger partial charge >= 0.3 is 5.97 Å². The van der Waals surface area contributed by atoms with E-state index >= 15 is 8.78 Å². The molecule has 0 amide bonds. The number of halogens is 2. The lowest BCUT2D eigenvalue weighted by molar-refractivity contribution is -0.187. The summed E-state index contributed by atoms with van der Waals surface area (Å²) >= 11 is 0. The van der Waals surface area contributed by atoms with Crippen molar-refractivity contribution in [3.05, 3.63) is 108 Å². The Kier molecular flexibility index (Phi) is 12.6. The van der Waals surface area contributed by atoms with Crippen LogP contribution in [0.3, 0.4) is 0 Å². The number of carbonyl (C=O) groups excluding carboxylic acids is 1. The Morgan fingerprint density at radius 3 is 2.20 bits per heavy atom. The minimum absolute atomic E-state index is 0.104. The molecule has 16 heteroatoms. The Labute approximate surface area is 349 Å². The van der Waals surface area contributed by atoms with Gasteiger partial charge in [-0.05, 0) is 75.3 Å². The Balaban J connectivity index is 1.21. The number of rotatable bonds is 16. The van der Waals surface area contributed by atoms with Gasteiger partial charge in [0.05, 0.1) is 26.0 Å². The first kappa shape index (κ1) is 43.1. The normalized spacial score (nSPS) is 23.8. The van der Waals surface area contributed by atoms with Crippen molar-refractivity contribution in [2.45, 2.75) is 95.2 Å². The lowest BCUT2D eigenvalue weighted by Crippen LogP contribution is -2.41. The maximum absolute atomic E-state index is 17.0. The predicted molar refractivity (Wildman–Crippen MR) is 224 cm³/mol. The number of esters is 1. The van der Waals surface area contributed by atoms with Crippen molar-refractivity contribution in [1.29, 1.82) is 0 Å². The van der Waals surface area contributed by atoms with E-state index < -0.39 is 55.3 Å². The fraction of sp³-hybridized carbons (Fsp3) is 0.455. The Morgan fingerprint density at radius 1 is 0.983 bits per heavy atom. The summed E-state index contributed by atoms with van der Waals surface area (Å²) in [6.07, 6.45) is 4.10. The number of hydrogen-bond donors (Lipinski definition) is 2. The Hall–Kier alpha value is -4.95. The summed E-state index contributed by atoms with van der Waals surface area (Å²) in [4.78, 5) is 27.0. The van der Waals surface area contributed by atoms with Crippen LogP contribution in [0.1, 0.15) is 82.7 Å². The van der Waals surface area contributed by atoms with E-state index in [9.17, 15) is 9.36 Å². The molecule has 1 saturated heterocycles. The van der Waals surface area contributed by atoms with Crippen molar-refractivity contribution in [3.8, 4) is 11.6 Å². The number of benzene rings is 3. The second kappa shape index (κ2) is 17.6. The number of nitrogens with one attached hydrogen (secondary N) is 2. The van der Waals surface area contributed by atoms with Gasteiger partial charge in [0, 0.05) is 6.66 Å². The zero-order valence-electron chi connectivity index (χ0n) is 34.8. The Bertz CT molecular complexity index is 2260. The molecule has 1 aliphatic carbocycles. The van der Waals surface area contributed by atoms with Crippen molar-refractivity contribution < 1.29 is 41.6 Å². The van der Waals surface area contributed by atoms with Crippen LogP contribution in [0.25, 0.3) is 11.2 Å². The van der Waals surface area contributed by atoms with Crippen molar-refractivity contribution in [2.75, 3.05) is 32.3 Å². The van der Waals surface area contributed by atoms with Crippen LogP contribution < -0.4 is 19.9 Å². The third-order valence-corrected chi connectivity index (χ3v) is 13.0. The summed E-state index contributed by atoms with van der Waals surface area (Å²) in [6.45, 7) is 6.45. The maximum atomic E-state index is 17.0. The molecule has 0 spiro atoms. The van der Waals surface area contributed by atoms with Crippen LogP contribution in [0.5, 0.6) is 11.6 Å². The zero-order valence-corrected chi connectivity index (χ0v) is 35.7. The molecule has 1 saturated carbocycles. The molecule has 2 fully saturated rings. The van der Waals surface area contributed by atoms with Crippen LogP contribution >= 0.6 is 7.52 Å². The molecule has 7 rings (SSSR count). The molecular weight excluding hydrogens is 793 g/mol. The third-order valence-electron chi connectivity index (χ3n) is 11.6. The summed E-state index contributed by atoms with van der Waals surface area (Å²) in [6, 6.07) is 26.3. The van der Waals surface area contributed by atoms with Gasteiger partial charge in [0.2, 0.25) is 17.7 Å². The maximum Gasteiger partial charge on any atom is 0.323 e. The molecule has 320 valence electrons. The molecule has 0 bridgehead atoms. The van der Waals surface area contributed by atoms with E-state index in [0.29, 0.717) is 5.75 Å². The van der Waals surface area contributed by atoms with Gasteiger partial charge in [-0.25, -0.2) is 18.9 Å². The molecule has 3 heterocycles. The average Bonchev–Trinajstić information content (AvgIpc) is 3.75. The fourth-order valence-corrected chi connectivity index (χ4v) is 9.39. The zero-order chi connectivity index (χ0) is 42.7. The predicted octanol–water partition coefficient (Wildman–Crippen LogP) is 8.89. The van der Waals surface area contributed by atoms with E-state index in [2.05, 4.69) is 15.4 Å². The highest BCUT2D eigenvalue weighted by Crippen LogP contribution is 2.54. The van der Waals surface area contributed by atoms with Gasteiger partial charge in [-0.2, -0.15) is 9.97 Å². The number of aromatic nitrogens is 4. The standard InChI is InChI=1S/C44H53F2N6O7P/c1-7-56-38-36-37(48-41(49-38)50-44(31-17-11-8-12-18-31,32-19-13-9-14-20-32)33-23-25-34(55-5)26-24-33)52(28-47-36)40-42(4,45)30(3)43(46,59-40)27-57-60(6,54)51-29(2)39(53)58-35-21-15-10-16-22-35/h8-9,11-14,17-20,23-26,28-30,35,40H,7,10,15-16,21-22,27H2,1-6H3,(H,51,54)(H,48,49,50)/t29-,30-,40+,42+,43+,60+/m0/s1. The van der Waals surface area contributed by atoms with Crippen LogP contribution in [0.15, 0.2) is 91.3 Å². The molecule has 2 aliphatic rings. The van der Waals surface area contributed by atoms with Crippen LogP contribution in [0.4, 0.5) is 14.7 Å². The molecule has 0 radical (unpaired) electrons. The number of ether oxygens (including phenoxy) is 4. The number of imidazole rings is 1. The number of carbonyl (C=O) groups is 1. The third kappa shape index (κ3) is 8.63. The molecule has 0 unspecified atom stereocenters. The van der Waals surface area contributed by atoms with Gasteiger partial charge in [-0.3, -0.25) is 13.9 Å². The first-order valence-electron chi connectivity index (χ1n) is 20.4. The van der Waals surface area contributed by atoms with E-state index in [-0.39, 0.29) is 35.7 Å². The monoisotopic (exact) mass is 846 g/mol. The molecule has 6 atom stereocenters. The van der Waals surface area contributed by atoms with E-state index in [1.54, 1.807) is 14.0 Å². The summed E-state index contributed by atoms with van der Waals surface area (Å²) in [5, 5.41) is 6.28. The molecule has 2 N–H and O–H groups in total. The SMILES string of the molecule is CCOc1nc(NC(c2ccccc2)(c2ccccc2)c2ccc(OC)cc2)nc2c1ncn2[C@@H]1O[C@](F)(CO[P@@](C)(=O)N[C@@H](C)C(=O)OC2CCCCC2)[C@@H](C)[C@@]1(C)F. The highest BCUT2D eigenvalue weighted by Gasteiger charge is 2.63. The largest absolute Gasteiger partial charge is 0.497 e. The lowest BCUT2D eigenvalue weighted by Gasteiger charge is -2.37. The summed E-state index contributed by atoms with van der Waals surface area (Å²) in [5.41, 5.74) is -0.572. The van der Waals surface area contributed by atoms with Gasteiger partial charge < -0.3 is 28.8 Å². The second-order valence-corrected chi connectivity index (χ2v) is 17.9. The number of nitrogens with zero attached hydrogens (tertiary/aromatic N) is 4. The van der Waals surface area contributed by atoms with Crippen LogP contribution in [-0.4, -0.2) is 76.1 Å². The number of alkyl halides is 2. The smallest absolute Gasteiger partial charge is 0.323 e. The van der Waals surface area contributed by atoms with Crippen LogP contribution in [0, 0.1) is 5.92 Å². The van der Waals surface area contributed by atoms with Crippen molar-refractivity contribution in [3.63, 3.8) is 0 Å². The van der Waals surface area contributed by atoms with E-state index in [1.807, 2.05) is 84.9 Å². The molecule has 2 aromatic heterocycles. The molecular formula is C44H53F2N6O7P. The number of hydrogen-bond acceptors (Lipinski definition) is 11. The average molecular weight is 847 g/mol. The van der Waals surface area contributed by atoms with E-state index in [1.165, 1.54) is 38.3 Å². The highest BCUT2D eigenvalue weighted by atomic mass is 31.2. The fourth-order valence-electron chi connectivity index (χ4n) is 8.09. The van der Waals surface area contributed by atoms with Crippen molar-refractivity contribution >= 4 is 30.6 Å². The van der Waals surface area contributed by atoms with E-state index in [0.717, 1.165) is 48.8 Å². The summed E-state index contributed by atoms with van der Waals surface area (Å²) in [7, 11) is -2.22. The second-order valence-electron chi connectivity index (χ2n) is 15.7. The highest BCUT2D eigenvalue weighted by molar-refractivity contribution is 7.56. The van der Waals surface area contributed by atoms with E-state index in [4.69, 9.17) is 33.4 Å². The van der Waals surface area contributed by atoms with Crippen LogP contribution in [-0.2, 0) is 28.9 Å². The van der Waals surface area contributed by atoms with Gasteiger partial charge in [0.25, 0.3) is 7.52 Å². The molecule has 13 nitrogen and oxygen atoms in total. The molecule has 60 heavy (non-hydrogen) atoms. The van der Waals surface area contributed by atoms with Crippen molar-refractivity contribution in [2.24, 2.45) is 5.92 Å². The first-order valence-corrected chi connectivity index (χ1v) is 22.4. The number of fused-ring (bicyclic) bond motifs is 1. The minimum Gasteiger partial charge on any atom is -0.497 e. The molecule has 3 aromatic carbocycles. The lowest BCUT2D eigenvalue weighted by atomic mass is 9.77. The van der Waals surface area contributed by atoms with Gasteiger partial charge in [0.1, 0.15) is 30.0 Å². The summed E-state index contributed by atoms with van der Waals surface area (Å²) < 4.78 is 77.5. The minimum atomic E-state index is -3.83. The number of methoxy groups -OCH3 is 1. The quantitative estimate of drug-likeness (QED) is 0.0555. The number of anilines is 1.